The largest absolute Gasteiger partial charge is 0.450 e. The number of carbonyl (C=O) groups is 2. The summed E-state index contributed by atoms with van der Waals surface area (Å²) in [6, 6.07) is 9.22. The van der Waals surface area contributed by atoms with Crippen molar-refractivity contribution in [3.8, 4) is 5.69 Å². The maximum Gasteiger partial charge on any atom is 0.409 e. The van der Waals surface area contributed by atoms with Crippen molar-refractivity contribution in [2.24, 2.45) is 0 Å². The number of amides is 2. The molecule has 1 aromatic heterocycles. The highest BCUT2D eigenvalue weighted by Gasteiger charge is 2.26. The summed E-state index contributed by atoms with van der Waals surface area (Å²) in [5.41, 5.74) is 1.35. The lowest BCUT2D eigenvalue weighted by molar-refractivity contribution is 0.0570. The molecule has 0 atom stereocenters. The number of hydrogen-bond donors (Lipinski definition) is 0. The van der Waals surface area contributed by atoms with Crippen LogP contribution in [0.4, 0.5) is 4.79 Å². The number of hydrogen-bond acceptors (Lipinski definition) is 4. The van der Waals surface area contributed by atoms with E-state index in [1.165, 1.54) is 0 Å². The highest BCUT2D eigenvalue weighted by Crippen LogP contribution is 2.17. The molecule has 7 heteroatoms. The molecule has 1 fully saturated rings. The maximum absolute atomic E-state index is 12.9. The highest BCUT2D eigenvalue weighted by molar-refractivity contribution is 5.97. The van der Waals surface area contributed by atoms with Crippen LogP contribution in [0.25, 0.3) is 5.69 Å². The third-order valence-electron chi connectivity index (χ3n) is 3.98. The summed E-state index contributed by atoms with van der Waals surface area (Å²) in [4.78, 5) is 28.0. The predicted octanol–water partition coefficient (Wildman–Crippen LogP) is 1.79. The number of piperazine rings is 1. The molecule has 1 aliphatic rings. The molecule has 7 nitrogen and oxygen atoms in total. The van der Waals surface area contributed by atoms with E-state index in [9.17, 15) is 9.59 Å². The molecule has 2 heterocycles. The fraction of sp³-hybridized carbons (Fsp3) is 0.353. The van der Waals surface area contributed by atoms with Crippen LogP contribution >= 0.6 is 0 Å². The first-order valence-electron chi connectivity index (χ1n) is 8.00. The molecule has 126 valence electrons. The third-order valence-corrected chi connectivity index (χ3v) is 3.98. The zero-order valence-electron chi connectivity index (χ0n) is 13.6. The Kier molecular flexibility index (Phi) is 4.79. The van der Waals surface area contributed by atoms with E-state index >= 15 is 0 Å². The standard InChI is InChI=1S/C17H20N4O3/c1-2-24-17(23)20-12-10-19(11-13-20)16(22)14-6-3-4-7-15(14)21-9-5-8-18-21/h3-9H,2,10-13H2,1H3. The molecule has 24 heavy (non-hydrogen) atoms. The zero-order chi connectivity index (χ0) is 16.9. The van der Waals surface area contributed by atoms with Gasteiger partial charge in [-0.3, -0.25) is 4.79 Å². The smallest absolute Gasteiger partial charge is 0.409 e. The highest BCUT2D eigenvalue weighted by atomic mass is 16.6. The van der Waals surface area contributed by atoms with Gasteiger partial charge in [0.2, 0.25) is 0 Å². The average Bonchev–Trinajstić information content (AvgIpc) is 3.16. The first kappa shape index (κ1) is 16.0. The first-order valence-corrected chi connectivity index (χ1v) is 8.00. The molecule has 2 aromatic rings. The van der Waals surface area contributed by atoms with Gasteiger partial charge >= 0.3 is 6.09 Å². The molecule has 1 saturated heterocycles. The van der Waals surface area contributed by atoms with E-state index in [0.29, 0.717) is 38.3 Å². The lowest BCUT2D eigenvalue weighted by Gasteiger charge is -2.34. The van der Waals surface area contributed by atoms with Crippen molar-refractivity contribution in [2.75, 3.05) is 32.8 Å². The topological polar surface area (TPSA) is 67.7 Å². The Balaban J connectivity index is 1.72. The van der Waals surface area contributed by atoms with E-state index in [4.69, 9.17) is 4.74 Å². The van der Waals surface area contributed by atoms with Crippen molar-refractivity contribution >= 4 is 12.0 Å². The summed E-state index contributed by atoms with van der Waals surface area (Å²) < 4.78 is 6.68. The minimum absolute atomic E-state index is 0.0513. The van der Waals surface area contributed by atoms with Gasteiger partial charge in [0.15, 0.2) is 0 Å². The van der Waals surface area contributed by atoms with Gasteiger partial charge in [0.1, 0.15) is 0 Å². The molecule has 1 aliphatic heterocycles. The number of carbonyl (C=O) groups excluding carboxylic acids is 2. The molecule has 2 amide bonds. The summed E-state index contributed by atoms with van der Waals surface area (Å²) in [6.45, 7) is 4.08. The van der Waals surface area contributed by atoms with Crippen LogP contribution in [0.2, 0.25) is 0 Å². The van der Waals surface area contributed by atoms with Crippen LogP contribution in [0.1, 0.15) is 17.3 Å². The Morgan fingerprint density at radius 1 is 1.08 bits per heavy atom. The summed E-state index contributed by atoms with van der Waals surface area (Å²) in [5.74, 6) is -0.0513. The van der Waals surface area contributed by atoms with Crippen molar-refractivity contribution < 1.29 is 14.3 Å². The van der Waals surface area contributed by atoms with E-state index in [-0.39, 0.29) is 12.0 Å². The molecule has 0 N–H and O–H groups in total. The lowest BCUT2D eigenvalue weighted by Crippen LogP contribution is -2.50. The van der Waals surface area contributed by atoms with Gasteiger partial charge in [0.05, 0.1) is 17.9 Å². The fourth-order valence-electron chi connectivity index (χ4n) is 2.74. The summed E-state index contributed by atoms with van der Waals surface area (Å²) in [7, 11) is 0. The van der Waals surface area contributed by atoms with Gasteiger partial charge in [-0.05, 0) is 25.1 Å². The second-order valence-corrected chi connectivity index (χ2v) is 5.45. The zero-order valence-corrected chi connectivity index (χ0v) is 13.6. The Hall–Kier alpha value is -2.83. The van der Waals surface area contributed by atoms with Crippen molar-refractivity contribution in [3.05, 3.63) is 48.3 Å². The second kappa shape index (κ2) is 7.16. The maximum atomic E-state index is 12.9. The Morgan fingerprint density at radius 2 is 1.79 bits per heavy atom. The molecule has 1 aromatic carbocycles. The SMILES string of the molecule is CCOC(=O)N1CCN(C(=O)c2ccccc2-n2cccn2)CC1. The van der Waals surface area contributed by atoms with E-state index < -0.39 is 0 Å². The molecular weight excluding hydrogens is 308 g/mol. The first-order chi connectivity index (χ1) is 11.7. The monoisotopic (exact) mass is 328 g/mol. The van der Waals surface area contributed by atoms with E-state index in [1.54, 1.807) is 33.7 Å². The van der Waals surface area contributed by atoms with Crippen LogP contribution in [0.15, 0.2) is 42.7 Å². The van der Waals surface area contributed by atoms with Crippen molar-refractivity contribution in [3.63, 3.8) is 0 Å². The van der Waals surface area contributed by atoms with E-state index in [2.05, 4.69) is 5.10 Å². The molecule has 3 rings (SSSR count). The van der Waals surface area contributed by atoms with E-state index in [1.807, 2.05) is 30.5 Å². The summed E-state index contributed by atoms with van der Waals surface area (Å²) in [5, 5.41) is 4.21. The second-order valence-electron chi connectivity index (χ2n) is 5.45. The van der Waals surface area contributed by atoms with Gasteiger partial charge in [-0.1, -0.05) is 12.1 Å². The minimum Gasteiger partial charge on any atom is -0.450 e. The van der Waals surface area contributed by atoms with Crippen LogP contribution in [0.5, 0.6) is 0 Å². The Morgan fingerprint density at radius 3 is 2.46 bits per heavy atom. The third kappa shape index (κ3) is 3.24. The number of aromatic nitrogens is 2. The van der Waals surface area contributed by atoms with Crippen molar-refractivity contribution in [2.45, 2.75) is 6.92 Å². The Labute approximate surface area is 140 Å². The molecule has 0 aliphatic carbocycles. The fourth-order valence-corrected chi connectivity index (χ4v) is 2.74. The number of ether oxygens (including phenoxy) is 1. The molecule has 0 radical (unpaired) electrons. The predicted molar refractivity (Wildman–Crippen MR) is 88.1 cm³/mol. The average molecular weight is 328 g/mol. The van der Waals surface area contributed by atoms with Gasteiger partial charge in [-0.15, -0.1) is 0 Å². The molecule has 0 unspecified atom stereocenters. The van der Waals surface area contributed by atoms with Gasteiger partial charge in [0.25, 0.3) is 5.91 Å². The molecule has 0 saturated carbocycles. The van der Waals surface area contributed by atoms with Gasteiger partial charge in [0, 0.05) is 38.6 Å². The normalized spacial score (nSPS) is 14.5. The number of benzene rings is 1. The summed E-state index contributed by atoms with van der Waals surface area (Å²) >= 11 is 0. The molecule has 0 bridgehead atoms. The Bertz CT molecular complexity index is 706. The van der Waals surface area contributed by atoms with Crippen LogP contribution in [0.3, 0.4) is 0 Å². The van der Waals surface area contributed by atoms with Crippen LogP contribution in [-0.2, 0) is 4.74 Å². The lowest BCUT2D eigenvalue weighted by atomic mass is 10.1. The van der Waals surface area contributed by atoms with E-state index in [0.717, 1.165) is 5.69 Å². The van der Waals surface area contributed by atoms with Crippen LogP contribution in [-0.4, -0.2) is 64.4 Å². The number of para-hydroxylation sites is 1. The van der Waals surface area contributed by atoms with Crippen molar-refractivity contribution in [1.29, 1.82) is 0 Å². The van der Waals surface area contributed by atoms with Gasteiger partial charge in [-0.25, -0.2) is 9.48 Å². The van der Waals surface area contributed by atoms with Gasteiger partial charge < -0.3 is 14.5 Å². The van der Waals surface area contributed by atoms with Crippen molar-refractivity contribution in [1.82, 2.24) is 19.6 Å². The number of nitrogens with zero attached hydrogens (tertiary/aromatic N) is 4. The number of rotatable bonds is 3. The quantitative estimate of drug-likeness (QED) is 0.861. The van der Waals surface area contributed by atoms with Crippen LogP contribution in [0, 0.1) is 0 Å². The molecule has 0 spiro atoms. The summed E-state index contributed by atoms with van der Waals surface area (Å²) in [6.07, 6.45) is 3.17. The van der Waals surface area contributed by atoms with Crippen LogP contribution < -0.4 is 0 Å². The molecular formula is C17H20N4O3. The minimum atomic E-state index is -0.318. The van der Waals surface area contributed by atoms with Gasteiger partial charge in [-0.2, -0.15) is 5.10 Å².